The number of pyridine rings is 1. The smallest absolute Gasteiger partial charge is 0.224 e. The van der Waals surface area contributed by atoms with E-state index in [0.717, 1.165) is 16.7 Å². The van der Waals surface area contributed by atoms with Gasteiger partial charge in [-0.1, -0.05) is 30.3 Å². The number of aryl methyl sites for hydroxylation is 1. The highest BCUT2D eigenvalue weighted by molar-refractivity contribution is 5.78. The highest BCUT2D eigenvalue weighted by atomic mass is 16.1. The Morgan fingerprint density at radius 2 is 2.05 bits per heavy atom. The lowest BCUT2D eigenvalue weighted by atomic mass is 10.1. The van der Waals surface area contributed by atoms with Gasteiger partial charge in [-0.05, 0) is 24.1 Å². The van der Waals surface area contributed by atoms with Gasteiger partial charge < -0.3 is 11.1 Å². The first-order valence-electron chi connectivity index (χ1n) is 6.17. The predicted octanol–water partition coefficient (Wildman–Crippen LogP) is 1.83. The quantitative estimate of drug-likeness (QED) is 0.875. The molecule has 19 heavy (non-hydrogen) atoms. The number of anilines is 1. The molecule has 0 bridgehead atoms. The number of nitrogens with zero attached hydrogens (tertiary/aromatic N) is 1. The number of rotatable bonds is 4. The molecular formula is C15H17N3O. The van der Waals surface area contributed by atoms with Gasteiger partial charge in [-0.2, -0.15) is 0 Å². The summed E-state index contributed by atoms with van der Waals surface area (Å²) in [5.41, 5.74) is 8.64. The van der Waals surface area contributed by atoms with Gasteiger partial charge in [-0.25, -0.2) is 4.98 Å². The maximum Gasteiger partial charge on any atom is 0.224 e. The van der Waals surface area contributed by atoms with Gasteiger partial charge in [0.2, 0.25) is 5.91 Å². The van der Waals surface area contributed by atoms with Crippen molar-refractivity contribution in [1.29, 1.82) is 0 Å². The zero-order valence-electron chi connectivity index (χ0n) is 10.9. The Balaban J connectivity index is 1.92. The van der Waals surface area contributed by atoms with Crippen molar-refractivity contribution in [2.75, 3.05) is 5.73 Å². The second-order valence-corrected chi connectivity index (χ2v) is 4.50. The molecule has 0 saturated heterocycles. The van der Waals surface area contributed by atoms with Crippen LogP contribution in [0.5, 0.6) is 0 Å². The van der Waals surface area contributed by atoms with Crippen LogP contribution in [-0.4, -0.2) is 10.9 Å². The molecule has 1 aromatic heterocycles. The van der Waals surface area contributed by atoms with E-state index in [1.807, 2.05) is 43.3 Å². The maximum absolute atomic E-state index is 11.8. The molecule has 4 nitrogen and oxygen atoms in total. The number of carbonyl (C=O) groups is 1. The Morgan fingerprint density at radius 3 is 2.79 bits per heavy atom. The molecule has 0 fully saturated rings. The summed E-state index contributed by atoms with van der Waals surface area (Å²) in [6.07, 6.45) is 2.09. The molecule has 3 N–H and O–H groups in total. The number of hydrogen-bond donors (Lipinski definition) is 2. The summed E-state index contributed by atoms with van der Waals surface area (Å²) < 4.78 is 0. The summed E-state index contributed by atoms with van der Waals surface area (Å²) in [5, 5.41) is 2.86. The predicted molar refractivity (Wildman–Crippen MR) is 75.4 cm³/mol. The SMILES string of the molecule is Cc1cnc(N)c(CNC(=O)Cc2ccccc2)c1. The van der Waals surface area contributed by atoms with E-state index in [1.54, 1.807) is 6.20 Å². The summed E-state index contributed by atoms with van der Waals surface area (Å²) in [4.78, 5) is 15.9. The minimum atomic E-state index is -0.0212. The molecule has 0 radical (unpaired) electrons. The van der Waals surface area contributed by atoms with Crippen LogP contribution in [0.2, 0.25) is 0 Å². The molecule has 0 unspecified atom stereocenters. The molecular weight excluding hydrogens is 238 g/mol. The third kappa shape index (κ3) is 3.81. The lowest BCUT2D eigenvalue weighted by Gasteiger charge is -2.08. The van der Waals surface area contributed by atoms with E-state index in [9.17, 15) is 4.79 Å². The molecule has 0 atom stereocenters. The van der Waals surface area contributed by atoms with Gasteiger partial charge in [0.1, 0.15) is 5.82 Å². The topological polar surface area (TPSA) is 68.0 Å². The highest BCUT2D eigenvalue weighted by Gasteiger charge is 2.05. The normalized spacial score (nSPS) is 10.2. The van der Waals surface area contributed by atoms with Crippen LogP contribution in [0.4, 0.5) is 5.82 Å². The van der Waals surface area contributed by atoms with Crippen LogP contribution in [0.15, 0.2) is 42.6 Å². The molecule has 2 aromatic rings. The molecule has 2 rings (SSSR count). The molecule has 0 aliphatic heterocycles. The van der Waals surface area contributed by atoms with E-state index in [-0.39, 0.29) is 5.91 Å². The second kappa shape index (κ2) is 6.00. The standard InChI is InChI=1S/C15H17N3O/c1-11-7-13(15(16)18-9-11)10-17-14(19)8-12-5-3-2-4-6-12/h2-7,9H,8,10H2,1H3,(H2,16,18)(H,17,19). The number of nitrogen functional groups attached to an aromatic ring is 1. The zero-order valence-corrected chi connectivity index (χ0v) is 10.9. The number of carbonyl (C=O) groups excluding carboxylic acids is 1. The Morgan fingerprint density at radius 1 is 1.32 bits per heavy atom. The van der Waals surface area contributed by atoms with Crippen LogP contribution in [-0.2, 0) is 17.8 Å². The summed E-state index contributed by atoms with van der Waals surface area (Å²) in [6.45, 7) is 2.36. The van der Waals surface area contributed by atoms with Crippen molar-refractivity contribution in [3.63, 3.8) is 0 Å². The Hall–Kier alpha value is -2.36. The third-order valence-electron chi connectivity index (χ3n) is 2.82. The first-order valence-corrected chi connectivity index (χ1v) is 6.17. The Kier molecular flexibility index (Phi) is 4.13. The van der Waals surface area contributed by atoms with E-state index in [0.29, 0.717) is 18.8 Å². The average molecular weight is 255 g/mol. The Bertz CT molecular complexity index is 567. The monoisotopic (exact) mass is 255 g/mol. The van der Waals surface area contributed by atoms with Crippen LogP contribution in [0.25, 0.3) is 0 Å². The van der Waals surface area contributed by atoms with Gasteiger partial charge >= 0.3 is 0 Å². The Labute approximate surface area is 112 Å². The van der Waals surface area contributed by atoms with Crippen molar-refractivity contribution in [3.8, 4) is 0 Å². The lowest BCUT2D eigenvalue weighted by Crippen LogP contribution is -2.25. The van der Waals surface area contributed by atoms with Gasteiger partial charge in [0.15, 0.2) is 0 Å². The van der Waals surface area contributed by atoms with E-state index >= 15 is 0 Å². The molecule has 0 aliphatic rings. The highest BCUT2D eigenvalue weighted by Crippen LogP contribution is 2.09. The van der Waals surface area contributed by atoms with E-state index in [1.165, 1.54) is 0 Å². The summed E-state index contributed by atoms with van der Waals surface area (Å²) in [6, 6.07) is 11.6. The van der Waals surface area contributed by atoms with Gasteiger partial charge in [0, 0.05) is 18.3 Å². The first-order chi connectivity index (χ1) is 9.15. The minimum absolute atomic E-state index is 0.0212. The van der Waals surface area contributed by atoms with Crippen LogP contribution in [0, 0.1) is 6.92 Å². The fraction of sp³-hybridized carbons (Fsp3) is 0.200. The molecule has 0 saturated carbocycles. The molecule has 1 amide bonds. The van der Waals surface area contributed by atoms with Crippen molar-refractivity contribution >= 4 is 11.7 Å². The lowest BCUT2D eigenvalue weighted by molar-refractivity contribution is -0.120. The van der Waals surface area contributed by atoms with Crippen molar-refractivity contribution in [2.24, 2.45) is 0 Å². The van der Waals surface area contributed by atoms with Gasteiger partial charge in [-0.3, -0.25) is 4.79 Å². The molecule has 98 valence electrons. The zero-order chi connectivity index (χ0) is 13.7. The fourth-order valence-corrected chi connectivity index (χ4v) is 1.82. The van der Waals surface area contributed by atoms with Crippen LogP contribution in [0.1, 0.15) is 16.7 Å². The molecule has 4 heteroatoms. The van der Waals surface area contributed by atoms with Crippen molar-refractivity contribution in [1.82, 2.24) is 10.3 Å². The summed E-state index contributed by atoms with van der Waals surface area (Å²) in [5.74, 6) is 0.442. The summed E-state index contributed by atoms with van der Waals surface area (Å²) in [7, 11) is 0. The van der Waals surface area contributed by atoms with Gasteiger partial charge in [0.05, 0.1) is 6.42 Å². The van der Waals surface area contributed by atoms with Crippen molar-refractivity contribution < 1.29 is 4.79 Å². The number of hydrogen-bond acceptors (Lipinski definition) is 3. The number of benzene rings is 1. The fourth-order valence-electron chi connectivity index (χ4n) is 1.82. The van der Waals surface area contributed by atoms with Gasteiger partial charge in [0.25, 0.3) is 0 Å². The minimum Gasteiger partial charge on any atom is -0.383 e. The van der Waals surface area contributed by atoms with Crippen molar-refractivity contribution in [2.45, 2.75) is 19.9 Å². The number of nitrogens with two attached hydrogens (primary N) is 1. The summed E-state index contributed by atoms with van der Waals surface area (Å²) >= 11 is 0. The van der Waals surface area contributed by atoms with Crippen LogP contribution < -0.4 is 11.1 Å². The second-order valence-electron chi connectivity index (χ2n) is 4.50. The molecule has 0 spiro atoms. The van der Waals surface area contributed by atoms with E-state index in [2.05, 4.69) is 10.3 Å². The molecule has 1 aromatic carbocycles. The number of aromatic nitrogens is 1. The average Bonchev–Trinajstić information content (AvgIpc) is 2.41. The first kappa shape index (κ1) is 13.1. The van der Waals surface area contributed by atoms with Crippen LogP contribution in [0.3, 0.4) is 0 Å². The number of amides is 1. The molecule has 0 aliphatic carbocycles. The third-order valence-corrected chi connectivity index (χ3v) is 2.82. The molecule has 1 heterocycles. The van der Waals surface area contributed by atoms with E-state index < -0.39 is 0 Å². The largest absolute Gasteiger partial charge is 0.383 e. The maximum atomic E-state index is 11.8. The van der Waals surface area contributed by atoms with Crippen molar-refractivity contribution in [3.05, 3.63) is 59.3 Å². The number of nitrogens with one attached hydrogen (secondary N) is 1. The van der Waals surface area contributed by atoms with Gasteiger partial charge in [-0.15, -0.1) is 0 Å². The van der Waals surface area contributed by atoms with Crippen LogP contribution >= 0.6 is 0 Å². The van der Waals surface area contributed by atoms with E-state index in [4.69, 9.17) is 5.73 Å².